The van der Waals surface area contributed by atoms with E-state index in [-0.39, 0.29) is 18.5 Å². The molecule has 0 unspecified atom stereocenters. The molecule has 2 fully saturated rings. The van der Waals surface area contributed by atoms with Gasteiger partial charge in [-0.2, -0.15) is 4.98 Å². The van der Waals surface area contributed by atoms with Crippen molar-refractivity contribution in [1.82, 2.24) is 9.97 Å². The number of nitrogens with two attached hydrogens (primary N) is 1. The van der Waals surface area contributed by atoms with Gasteiger partial charge < -0.3 is 20.5 Å². The molecular weight excluding hydrogens is 284 g/mol. The van der Waals surface area contributed by atoms with E-state index in [4.69, 9.17) is 10.5 Å². The number of carbonyl (C=O) groups is 1. The predicted octanol–water partition coefficient (Wildman–Crippen LogP) is 0.857. The Bertz CT molecular complexity index is 607. The number of aliphatic carboxylic acids is 1. The van der Waals surface area contributed by atoms with Crippen molar-refractivity contribution >= 4 is 17.7 Å². The van der Waals surface area contributed by atoms with Gasteiger partial charge in [-0.05, 0) is 25.7 Å². The molecule has 3 N–H and O–H groups in total. The maximum atomic E-state index is 11.8. The van der Waals surface area contributed by atoms with Gasteiger partial charge in [0.1, 0.15) is 11.2 Å². The zero-order valence-corrected chi connectivity index (χ0v) is 13.0. The van der Waals surface area contributed by atoms with Crippen molar-refractivity contribution in [3.8, 4) is 0 Å². The molecule has 0 amide bonds. The maximum Gasteiger partial charge on any atom is 0.314 e. The molecule has 2 aliphatic heterocycles. The number of anilines is 2. The van der Waals surface area contributed by atoms with Crippen molar-refractivity contribution in [1.29, 1.82) is 0 Å². The topological polar surface area (TPSA) is 102 Å². The second kappa shape index (κ2) is 5.39. The molecule has 2 atom stereocenters. The summed E-state index contributed by atoms with van der Waals surface area (Å²) in [5.74, 6) is 0.307. The summed E-state index contributed by atoms with van der Waals surface area (Å²) in [4.78, 5) is 22.5. The van der Waals surface area contributed by atoms with E-state index >= 15 is 0 Å². The fourth-order valence-corrected chi connectivity index (χ4v) is 3.67. The van der Waals surface area contributed by atoms with E-state index in [0.717, 1.165) is 29.9 Å². The van der Waals surface area contributed by atoms with E-state index in [1.807, 2.05) is 18.7 Å². The highest BCUT2D eigenvalue weighted by atomic mass is 16.5. The van der Waals surface area contributed by atoms with Gasteiger partial charge in [0.15, 0.2) is 0 Å². The number of hydrogen-bond donors (Lipinski definition) is 2. The molecule has 0 spiro atoms. The number of aromatic nitrogens is 2. The van der Waals surface area contributed by atoms with Gasteiger partial charge in [0.2, 0.25) is 5.95 Å². The Balaban J connectivity index is 1.98. The molecule has 2 saturated heterocycles. The van der Waals surface area contributed by atoms with Gasteiger partial charge in [-0.3, -0.25) is 4.79 Å². The fourth-order valence-electron chi connectivity index (χ4n) is 3.67. The lowest BCUT2D eigenvalue weighted by atomic mass is 9.76. The first-order valence-electron chi connectivity index (χ1n) is 7.67. The maximum absolute atomic E-state index is 11.8. The van der Waals surface area contributed by atoms with Crippen molar-refractivity contribution in [3.05, 3.63) is 11.3 Å². The van der Waals surface area contributed by atoms with Crippen molar-refractivity contribution < 1.29 is 14.6 Å². The second-order valence-electron chi connectivity index (χ2n) is 6.21. The summed E-state index contributed by atoms with van der Waals surface area (Å²) in [5.41, 5.74) is 6.88. The summed E-state index contributed by atoms with van der Waals surface area (Å²) in [5, 5.41) is 9.72. The van der Waals surface area contributed by atoms with Crippen molar-refractivity contribution in [3.63, 3.8) is 0 Å². The minimum Gasteiger partial charge on any atom is -0.481 e. The molecule has 1 aromatic heterocycles. The van der Waals surface area contributed by atoms with Crippen LogP contribution in [0.1, 0.15) is 24.6 Å². The minimum atomic E-state index is -0.837. The Morgan fingerprint density at radius 3 is 2.95 bits per heavy atom. The van der Waals surface area contributed by atoms with Crippen molar-refractivity contribution in [2.45, 2.75) is 26.7 Å². The highest BCUT2D eigenvalue weighted by molar-refractivity contribution is 5.78. The molecule has 0 aliphatic carbocycles. The molecule has 120 valence electrons. The number of fused-ring (bicyclic) bond motifs is 1. The molecule has 3 rings (SSSR count). The van der Waals surface area contributed by atoms with Crippen molar-refractivity contribution in [2.75, 3.05) is 36.9 Å². The van der Waals surface area contributed by atoms with Gasteiger partial charge in [-0.25, -0.2) is 4.98 Å². The average molecular weight is 306 g/mol. The first-order chi connectivity index (χ1) is 10.5. The first-order valence-corrected chi connectivity index (χ1v) is 7.67. The molecule has 1 aromatic rings. The van der Waals surface area contributed by atoms with Crippen LogP contribution < -0.4 is 10.6 Å². The van der Waals surface area contributed by atoms with Crippen LogP contribution in [0, 0.1) is 18.3 Å². The number of carboxylic acids is 1. The van der Waals surface area contributed by atoms with Crippen LogP contribution in [0.3, 0.4) is 0 Å². The molecule has 7 nitrogen and oxygen atoms in total. The van der Waals surface area contributed by atoms with Crippen LogP contribution in [0.25, 0.3) is 0 Å². The van der Waals surface area contributed by atoms with Gasteiger partial charge in [-0.1, -0.05) is 6.92 Å². The van der Waals surface area contributed by atoms with E-state index in [9.17, 15) is 9.90 Å². The largest absolute Gasteiger partial charge is 0.481 e. The van der Waals surface area contributed by atoms with Gasteiger partial charge in [-0.15, -0.1) is 0 Å². The smallest absolute Gasteiger partial charge is 0.314 e. The normalized spacial score (nSPS) is 27.7. The summed E-state index contributed by atoms with van der Waals surface area (Å²) < 4.78 is 5.47. The molecule has 0 saturated carbocycles. The zero-order valence-electron chi connectivity index (χ0n) is 13.0. The van der Waals surface area contributed by atoms with Crippen LogP contribution in [-0.2, 0) is 16.0 Å². The highest BCUT2D eigenvalue weighted by Crippen LogP contribution is 2.43. The van der Waals surface area contributed by atoms with Gasteiger partial charge >= 0.3 is 5.97 Å². The Morgan fingerprint density at radius 1 is 1.55 bits per heavy atom. The average Bonchev–Trinajstić information content (AvgIpc) is 2.89. The third-order valence-electron chi connectivity index (χ3n) is 4.96. The molecule has 0 radical (unpaired) electrons. The zero-order chi connectivity index (χ0) is 15.9. The number of carboxylic acid groups (broad SMARTS) is 1. The quantitative estimate of drug-likeness (QED) is 0.853. The molecule has 2 aliphatic rings. The molecule has 3 heterocycles. The highest BCUT2D eigenvalue weighted by Gasteiger charge is 2.54. The number of hydrogen-bond acceptors (Lipinski definition) is 6. The van der Waals surface area contributed by atoms with E-state index in [1.54, 1.807) is 0 Å². The van der Waals surface area contributed by atoms with Crippen LogP contribution in [0.2, 0.25) is 0 Å². The Kier molecular flexibility index (Phi) is 3.68. The second-order valence-corrected chi connectivity index (χ2v) is 6.21. The predicted molar refractivity (Wildman–Crippen MR) is 81.8 cm³/mol. The number of nitrogens with zero attached hydrogens (tertiary/aromatic N) is 3. The summed E-state index contributed by atoms with van der Waals surface area (Å²) in [6, 6.07) is 0. The van der Waals surface area contributed by atoms with Gasteiger partial charge in [0, 0.05) is 25.3 Å². The third-order valence-corrected chi connectivity index (χ3v) is 4.96. The number of ether oxygens (including phenoxy) is 1. The van der Waals surface area contributed by atoms with Crippen LogP contribution in [0.5, 0.6) is 0 Å². The molecule has 0 aromatic carbocycles. The van der Waals surface area contributed by atoms with E-state index in [0.29, 0.717) is 19.7 Å². The van der Waals surface area contributed by atoms with E-state index in [1.165, 1.54) is 0 Å². The number of aryl methyl sites for hydroxylation is 1. The molecule has 7 heteroatoms. The van der Waals surface area contributed by atoms with Crippen LogP contribution >= 0.6 is 0 Å². The standard InChI is InChI=1S/C15H22N4O3/c1-3-11-9(2)12(18-14(16)17-11)19-6-10-4-5-22-8-15(10,7-19)13(20)21/h10H,3-8H2,1-2H3,(H,20,21)(H2,16,17,18)/t10-,15+/m0/s1. The lowest BCUT2D eigenvalue weighted by Gasteiger charge is -2.33. The third kappa shape index (κ3) is 2.20. The van der Waals surface area contributed by atoms with Crippen LogP contribution in [-0.4, -0.2) is 47.3 Å². The Hall–Kier alpha value is -1.89. The number of rotatable bonds is 3. The molecule has 22 heavy (non-hydrogen) atoms. The van der Waals surface area contributed by atoms with Crippen LogP contribution in [0.15, 0.2) is 0 Å². The summed E-state index contributed by atoms with van der Waals surface area (Å²) in [7, 11) is 0. The Morgan fingerprint density at radius 2 is 2.32 bits per heavy atom. The minimum absolute atomic E-state index is 0.0828. The van der Waals surface area contributed by atoms with E-state index in [2.05, 4.69) is 9.97 Å². The lowest BCUT2D eigenvalue weighted by Crippen LogP contribution is -2.46. The van der Waals surface area contributed by atoms with Gasteiger partial charge in [0.05, 0.1) is 12.3 Å². The first kappa shape index (κ1) is 15.0. The monoisotopic (exact) mass is 306 g/mol. The number of nitrogen functional groups attached to an aromatic ring is 1. The van der Waals surface area contributed by atoms with Crippen LogP contribution in [0.4, 0.5) is 11.8 Å². The van der Waals surface area contributed by atoms with E-state index < -0.39 is 11.4 Å². The lowest BCUT2D eigenvalue weighted by molar-refractivity contribution is -0.159. The molecular formula is C15H22N4O3. The summed E-state index contributed by atoms with van der Waals surface area (Å²) in [6.07, 6.45) is 1.54. The Labute approximate surface area is 129 Å². The van der Waals surface area contributed by atoms with Crippen molar-refractivity contribution in [2.24, 2.45) is 11.3 Å². The summed E-state index contributed by atoms with van der Waals surface area (Å²) >= 11 is 0. The summed E-state index contributed by atoms with van der Waals surface area (Å²) in [6.45, 7) is 5.97. The molecule has 0 bridgehead atoms. The fraction of sp³-hybridized carbons (Fsp3) is 0.667. The van der Waals surface area contributed by atoms with Gasteiger partial charge in [0.25, 0.3) is 0 Å². The SMILES string of the molecule is CCc1nc(N)nc(N2C[C@@H]3CCOC[C@]3(C(=O)O)C2)c1C.